The molecule has 1 aliphatic rings. The van der Waals surface area contributed by atoms with Crippen molar-refractivity contribution in [3.05, 3.63) is 40.4 Å². The van der Waals surface area contributed by atoms with Gasteiger partial charge in [0.05, 0.1) is 7.11 Å². The smallest absolute Gasteiger partial charge is 0.124 e. The van der Waals surface area contributed by atoms with Crippen LogP contribution in [0.4, 0.5) is 0 Å². The van der Waals surface area contributed by atoms with Crippen molar-refractivity contribution in [3.63, 3.8) is 0 Å². The summed E-state index contributed by atoms with van der Waals surface area (Å²) in [6.07, 6.45) is 2.42. The molecule has 1 N–H and O–H groups in total. The first kappa shape index (κ1) is 12.0. The second-order valence-electron chi connectivity index (χ2n) is 4.70. The predicted octanol–water partition coefficient (Wildman–Crippen LogP) is 4.04. The monoisotopic (exact) mass is 305 g/mol. The van der Waals surface area contributed by atoms with Gasteiger partial charge in [0, 0.05) is 16.1 Å². The third-order valence-electron chi connectivity index (χ3n) is 3.61. The molecule has 1 atom stereocenters. The predicted molar refractivity (Wildman–Crippen MR) is 78.2 cm³/mol. The zero-order chi connectivity index (χ0) is 12.5. The van der Waals surface area contributed by atoms with Gasteiger partial charge in [-0.3, -0.25) is 0 Å². The summed E-state index contributed by atoms with van der Waals surface area (Å²) in [6.45, 7) is 1.10. The first-order valence-electron chi connectivity index (χ1n) is 6.29. The summed E-state index contributed by atoms with van der Waals surface area (Å²) in [5, 5.41) is 6.11. The lowest BCUT2D eigenvalue weighted by Crippen LogP contribution is -2.14. The van der Waals surface area contributed by atoms with E-state index in [9.17, 15) is 0 Å². The number of hydrogen-bond acceptors (Lipinski definition) is 2. The molecule has 3 heteroatoms. The van der Waals surface area contributed by atoms with Crippen LogP contribution >= 0.6 is 15.9 Å². The highest BCUT2D eigenvalue weighted by molar-refractivity contribution is 9.10. The van der Waals surface area contributed by atoms with E-state index in [0.29, 0.717) is 6.04 Å². The Balaban J connectivity index is 2.23. The fourth-order valence-electron chi connectivity index (χ4n) is 2.77. The van der Waals surface area contributed by atoms with Gasteiger partial charge >= 0.3 is 0 Å². The van der Waals surface area contributed by atoms with Crippen molar-refractivity contribution >= 4 is 26.7 Å². The lowest BCUT2D eigenvalue weighted by Gasteiger charge is -2.18. The average Bonchev–Trinajstić information content (AvgIpc) is 2.90. The summed E-state index contributed by atoms with van der Waals surface area (Å²) in [7, 11) is 1.75. The summed E-state index contributed by atoms with van der Waals surface area (Å²) in [5.41, 5.74) is 1.31. The van der Waals surface area contributed by atoms with Gasteiger partial charge in [-0.1, -0.05) is 28.1 Å². The second-order valence-corrected chi connectivity index (χ2v) is 5.61. The van der Waals surface area contributed by atoms with E-state index in [1.807, 2.05) is 0 Å². The highest BCUT2D eigenvalue weighted by Gasteiger charge is 2.22. The normalized spacial score (nSPS) is 19.3. The first-order valence-corrected chi connectivity index (χ1v) is 7.08. The van der Waals surface area contributed by atoms with Crippen LogP contribution in [0.25, 0.3) is 10.8 Å². The number of rotatable bonds is 2. The molecule has 18 heavy (non-hydrogen) atoms. The van der Waals surface area contributed by atoms with Crippen LogP contribution in [0, 0.1) is 0 Å². The van der Waals surface area contributed by atoms with E-state index in [1.165, 1.54) is 29.2 Å². The molecule has 0 amide bonds. The van der Waals surface area contributed by atoms with Gasteiger partial charge in [0.1, 0.15) is 5.75 Å². The van der Waals surface area contributed by atoms with E-state index in [1.54, 1.807) is 7.11 Å². The zero-order valence-electron chi connectivity index (χ0n) is 10.4. The van der Waals surface area contributed by atoms with Gasteiger partial charge in [-0.2, -0.15) is 0 Å². The zero-order valence-corrected chi connectivity index (χ0v) is 12.0. The minimum absolute atomic E-state index is 0.421. The standard InChI is InChI=1S/C15H16BrNO/c1-18-14-7-4-10-9-11(16)5-6-12(10)15(14)13-3-2-8-17-13/h4-7,9,13,17H,2-3,8H2,1H3. The molecule has 2 nitrogen and oxygen atoms in total. The number of nitrogens with one attached hydrogen (secondary N) is 1. The molecule has 0 saturated carbocycles. The van der Waals surface area contributed by atoms with Crippen LogP contribution in [0.2, 0.25) is 0 Å². The molecule has 1 heterocycles. The minimum Gasteiger partial charge on any atom is -0.496 e. The Hall–Kier alpha value is -1.06. The van der Waals surface area contributed by atoms with Crippen molar-refractivity contribution in [2.24, 2.45) is 0 Å². The molecule has 1 aliphatic heterocycles. The first-order chi connectivity index (χ1) is 8.79. The van der Waals surface area contributed by atoms with Crippen LogP contribution in [-0.4, -0.2) is 13.7 Å². The third-order valence-corrected chi connectivity index (χ3v) is 4.11. The second kappa shape index (κ2) is 4.90. The van der Waals surface area contributed by atoms with Gasteiger partial charge in [-0.25, -0.2) is 0 Å². The SMILES string of the molecule is COc1ccc2cc(Br)ccc2c1C1CCCN1. The molecule has 0 radical (unpaired) electrons. The Morgan fingerprint density at radius 2 is 2.17 bits per heavy atom. The van der Waals surface area contributed by atoms with Crippen molar-refractivity contribution in [2.45, 2.75) is 18.9 Å². The molecule has 1 saturated heterocycles. The number of halogens is 1. The quantitative estimate of drug-likeness (QED) is 0.904. The van der Waals surface area contributed by atoms with E-state index in [-0.39, 0.29) is 0 Å². The molecule has 0 aromatic heterocycles. The molecular weight excluding hydrogens is 290 g/mol. The van der Waals surface area contributed by atoms with Crippen LogP contribution < -0.4 is 10.1 Å². The maximum absolute atomic E-state index is 5.54. The minimum atomic E-state index is 0.421. The van der Waals surface area contributed by atoms with E-state index < -0.39 is 0 Å². The number of methoxy groups -OCH3 is 1. The Morgan fingerprint density at radius 1 is 1.28 bits per heavy atom. The van der Waals surface area contributed by atoms with Crippen LogP contribution in [0.1, 0.15) is 24.4 Å². The number of hydrogen-bond donors (Lipinski definition) is 1. The Morgan fingerprint density at radius 3 is 2.89 bits per heavy atom. The summed E-state index contributed by atoms with van der Waals surface area (Å²) < 4.78 is 6.66. The van der Waals surface area contributed by atoms with E-state index in [4.69, 9.17) is 4.74 Å². The molecule has 1 unspecified atom stereocenters. The van der Waals surface area contributed by atoms with Crippen LogP contribution in [0.5, 0.6) is 5.75 Å². The molecule has 94 valence electrons. The number of benzene rings is 2. The maximum atomic E-state index is 5.54. The van der Waals surface area contributed by atoms with Crippen molar-refractivity contribution in [1.82, 2.24) is 5.32 Å². The summed E-state index contributed by atoms with van der Waals surface area (Å²) >= 11 is 3.53. The molecule has 0 aliphatic carbocycles. The van der Waals surface area contributed by atoms with Gasteiger partial charge in [0.25, 0.3) is 0 Å². The van der Waals surface area contributed by atoms with Gasteiger partial charge in [-0.15, -0.1) is 0 Å². The van der Waals surface area contributed by atoms with Crippen LogP contribution in [0.15, 0.2) is 34.8 Å². The Bertz CT molecular complexity index is 576. The Labute approximate surface area is 115 Å². The summed E-state index contributed by atoms with van der Waals surface area (Å²) in [6, 6.07) is 11.1. The maximum Gasteiger partial charge on any atom is 0.124 e. The van der Waals surface area contributed by atoms with Gasteiger partial charge in [0.2, 0.25) is 0 Å². The third kappa shape index (κ3) is 2.02. The molecule has 1 fully saturated rings. The summed E-state index contributed by atoms with van der Waals surface area (Å²) in [5.74, 6) is 0.990. The fourth-order valence-corrected chi connectivity index (χ4v) is 3.15. The molecule has 2 aromatic carbocycles. The Kier molecular flexibility index (Phi) is 3.27. The van der Waals surface area contributed by atoms with Crippen molar-refractivity contribution in [3.8, 4) is 5.75 Å². The average molecular weight is 306 g/mol. The van der Waals surface area contributed by atoms with Gasteiger partial charge in [-0.05, 0) is 48.4 Å². The molecule has 0 bridgehead atoms. The number of ether oxygens (including phenoxy) is 1. The molecule has 3 rings (SSSR count). The molecule has 0 spiro atoms. The number of fused-ring (bicyclic) bond motifs is 1. The summed E-state index contributed by atoms with van der Waals surface area (Å²) in [4.78, 5) is 0. The highest BCUT2D eigenvalue weighted by Crippen LogP contribution is 2.37. The van der Waals surface area contributed by atoms with Crippen molar-refractivity contribution < 1.29 is 4.74 Å². The lowest BCUT2D eigenvalue weighted by atomic mass is 9.96. The van der Waals surface area contributed by atoms with E-state index >= 15 is 0 Å². The van der Waals surface area contributed by atoms with E-state index in [2.05, 4.69) is 51.6 Å². The van der Waals surface area contributed by atoms with Gasteiger partial charge < -0.3 is 10.1 Å². The molecular formula is C15H16BrNO. The highest BCUT2D eigenvalue weighted by atomic mass is 79.9. The topological polar surface area (TPSA) is 21.3 Å². The fraction of sp³-hybridized carbons (Fsp3) is 0.333. The van der Waals surface area contributed by atoms with Crippen molar-refractivity contribution in [2.75, 3.05) is 13.7 Å². The van der Waals surface area contributed by atoms with Crippen LogP contribution in [0.3, 0.4) is 0 Å². The van der Waals surface area contributed by atoms with Crippen LogP contribution in [-0.2, 0) is 0 Å². The lowest BCUT2D eigenvalue weighted by molar-refractivity contribution is 0.404. The largest absolute Gasteiger partial charge is 0.496 e. The van der Waals surface area contributed by atoms with Crippen molar-refractivity contribution in [1.29, 1.82) is 0 Å². The molecule has 2 aromatic rings. The van der Waals surface area contributed by atoms with E-state index in [0.717, 1.165) is 16.8 Å². The van der Waals surface area contributed by atoms with Gasteiger partial charge in [0.15, 0.2) is 0 Å².